The van der Waals surface area contributed by atoms with Gasteiger partial charge >= 0.3 is 6.18 Å². The van der Waals surface area contributed by atoms with Gasteiger partial charge in [-0.15, -0.1) is 0 Å². The first kappa shape index (κ1) is 17.1. The smallest absolute Gasteiger partial charge is 0.378 e. The number of nitro benzene ring substituents is 1. The lowest BCUT2D eigenvalue weighted by molar-refractivity contribution is -0.384. The molecule has 124 valence electrons. The SMILES string of the molecule is Cc1cnn(CCNc2cc(Cl)c(C(F)(F)F)cc2[N+](=O)[O-])c1. The van der Waals surface area contributed by atoms with Crippen molar-refractivity contribution in [1.29, 1.82) is 0 Å². The van der Waals surface area contributed by atoms with Crippen LogP contribution in [0.4, 0.5) is 24.5 Å². The highest BCUT2D eigenvalue weighted by Gasteiger charge is 2.36. The number of nitrogens with zero attached hydrogens (tertiary/aromatic N) is 3. The van der Waals surface area contributed by atoms with Crippen molar-refractivity contribution in [3.63, 3.8) is 0 Å². The van der Waals surface area contributed by atoms with E-state index in [-0.39, 0.29) is 12.2 Å². The minimum absolute atomic E-state index is 0.0723. The second kappa shape index (κ2) is 6.45. The largest absolute Gasteiger partial charge is 0.418 e. The molecule has 0 radical (unpaired) electrons. The summed E-state index contributed by atoms with van der Waals surface area (Å²) < 4.78 is 39.9. The number of aryl methyl sites for hydroxylation is 1. The van der Waals surface area contributed by atoms with E-state index in [9.17, 15) is 23.3 Å². The highest BCUT2D eigenvalue weighted by molar-refractivity contribution is 6.31. The summed E-state index contributed by atoms with van der Waals surface area (Å²) in [4.78, 5) is 10.1. The van der Waals surface area contributed by atoms with Gasteiger partial charge in [0.1, 0.15) is 5.69 Å². The van der Waals surface area contributed by atoms with Gasteiger partial charge in [0.25, 0.3) is 5.69 Å². The predicted octanol–water partition coefficient (Wildman–Crippen LogP) is 3.88. The Morgan fingerprint density at radius 3 is 2.65 bits per heavy atom. The number of halogens is 4. The van der Waals surface area contributed by atoms with E-state index in [0.717, 1.165) is 11.6 Å². The number of rotatable bonds is 5. The third kappa shape index (κ3) is 4.13. The number of alkyl halides is 3. The monoisotopic (exact) mass is 348 g/mol. The molecule has 0 aliphatic heterocycles. The highest BCUT2D eigenvalue weighted by atomic mass is 35.5. The van der Waals surface area contributed by atoms with E-state index < -0.39 is 27.4 Å². The molecular weight excluding hydrogens is 337 g/mol. The van der Waals surface area contributed by atoms with Crippen molar-refractivity contribution in [2.75, 3.05) is 11.9 Å². The molecule has 0 saturated carbocycles. The van der Waals surface area contributed by atoms with Crippen molar-refractivity contribution in [2.45, 2.75) is 19.6 Å². The molecule has 1 N–H and O–H groups in total. The molecule has 0 bridgehead atoms. The number of nitrogens with one attached hydrogen (secondary N) is 1. The van der Waals surface area contributed by atoms with E-state index >= 15 is 0 Å². The number of hydrogen-bond donors (Lipinski definition) is 1. The number of aromatic nitrogens is 2. The average molecular weight is 349 g/mol. The van der Waals surface area contributed by atoms with Gasteiger partial charge in [-0.3, -0.25) is 14.8 Å². The van der Waals surface area contributed by atoms with Gasteiger partial charge in [-0.1, -0.05) is 11.6 Å². The predicted molar refractivity (Wildman–Crippen MR) is 78.6 cm³/mol. The molecule has 23 heavy (non-hydrogen) atoms. The molecule has 0 aliphatic carbocycles. The molecule has 2 aromatic rings. The van der Waals surface area contributed by atoms with Crippen LogP contribution in [0.1, 0.15) is 11.1 Å². The summed E-state index contributed by atoms with van der Waals surface area (Å²) in [6.45, 7) is 2.49. The third-order valence-electron chi connectivity index (χ3n) is 3.01. The van der Waals surface area contributed by atoms with E-state index in [1.165, 1.54) is 0 Å². The molecule has 1 aromatic heterocycles. The molecule has 6 nitrogen and oxygen atoms in total. The molecule has 2 rings (SSSR count). The summed E-state index contributed by atoms with van der Waals surface area (Å²) in [5.41, 5.74) is -1.04. The lowest BCUT2D eigenvalue weighted by Gasteiger charge is -2.12. The lowest BCUT2D eigenvalue weighted by Crippen LogP contribution is -2.13. The van der Waals surface area contributed by atoms with Gasteiger partial charge in [-0.05, 0) is 18.6 Å². The average Bonchev–Trinajstić information content (AvgIpc) is 2.82. The Hall–Kier alpha value is -2.29. The zero-order valence-electron chi connectivity index (χ0n) is 11.9. The van der Waals surface area contributed by atoms with Gasteiger partial charge in [0, 0.05) is 18.8 Å². The standard InChI is InChI=1S/C13H12ClF3N4O2/c1-8-6-19-20(7-8)3-2-18-11-5-10(14)9(13(15,16)17)4-12(11)21(22)23/h4-7,18H,2-3H2,1H3. The minimum atomic E-state index is -4.76. The van der Waals surface area contributed by atoms with Crippen LogP contribution in [0.3, 0.4) is 0 Å². The van der Waals surface area contributed by atoms with Gasteiger partial charge in [0.2, 0.25) is 0 Å². The normalized spacial score (nSPS) is 11.5. The molecule has 0 amide bonds. The van der Waals surface area contributed by atoms with Crippen LogP contribution in [0.15, 0.2) is 24.5 Å². The van der Waals surface area contributed by atoms with Crippen LogP contribution in [0, 0.1) is 17.0 Å². The molecule has 0 spiro atoms. The maximum absolute atomic E-state index is 12.8. The van der Waals surface area contributed by atoms with Crippen molar-refractivity contribution in [1.82, 2.24) is 9.78 Å². The van der Waals surface area contributed by atoms with Crippen molar-refractivity contribution in [3.05, 3.63) is 50.8 Å². The Labute approximate surface area is 134 Å². The Kier molecular flexibility index (Phi) is 4.79. The van der Waals surface area contributed by atoms with Gasteiger partial charge in [-0.25, -0.2) is 0 Å². The quantitative estimate of drug-likeness (QED) is 0.657. The fraction of sp³-hybridized carbons (Fsp3) is 0.308. The molecule has 0 aliphatic rings. The minimum Gasteiger partial charge on any atom is -0.378 e. The fourth-order valence-corrected chi connectivity index (χ4v) is 2.24. The number of anilines is 1. The second-order valence-electron chi connectivity index (χ2n) is 4.81. The number of nitro groups is 1. The zero-order valence-corrected chi connectivity index (χ0v) is 12.6. The van der Waals surface area contributed by atoms with E-state index in [0.29, 0.717) is 12.6 Å². The van der Waals surface area contributed by atoms with Crippen molar-refractivity contribution in [2.24, 2.45) is 0 Å². The third-order valence-corrected chi connectivity index (χ3v) is 3.32. The van der Waals surface area contributed by atoms with Crippen molar-refractivity contribution in [3.8, 4) is 0 Å². The molecule has 0 unspecified atom stereocenters. The van der Waals surface area contributed by atoms with E-state index in [4.69, 9.17) is 11.6 Å². The maximum Gasteiger partial charge on any atom is 0.418 e. The molecule has 0 fully saturated rings. The first-order valence-electron chi connectivity index (χ1n) is 6.46. The van der Waals surface area contributed by atoms with Crippen LogP contribution in [0.5, 0.6) is 0 Å². The van der Waals surface area contributed by atoms with Crippen LogP contribution in [-0.4, -0.2) is 21.2 Å². The van der Waals surface area contributed by atoms with E-state index in [1.807, 2.05) is 6.92 Å². The van der Waals surface area contributed by atoms with Crippen LogP contribution >= 0.6 is 11.6 Å². The van der Waals surface area contributed by atoms with Gasteiger partial charge in [0.15, 0.2) is 0 Å². The summed E-state index contributed by atoms with van der Waals surface area (Å²) in [6, 6.07) is 1.35. The summed E-state index contributed by atoms with van der Waals surface area (Å²) in [5, 5.41) is 17.1. The first-order chi connectivity index (χ1) is 10.7. The Morgan fingerprint density at radius 2 is 2.13 bits per heavy atom. The summed E-state index contributed by atoms with van der Waals surface area (Å²) in [7, 11) is 0. The number of benzene rings is 1. The van der Waals surface area contributed by atoms with Gasteiger partial charge in [0.05, 0.1) is 28.3 Å². The van der Waals surface area contributed by atoms with Crippen LogP contribution in [-0.2, 0) is 12.7 Å². The van der Waals surface area contributed by atoms with Crippen LogP contribution in [0.25, 0.3) is 0 Å². The fourth-order valence-electron chi connectivity index (χ4n) is 1.97. The first-order valence-corrected chi connectivity index (χ1v) is 6.84. The maximum atomic E-state index is 12.8. The topological polar surface area (TPSA) is 73.0 Å². The van der Waals surface area contributed by atoms with Crippen molar-refractivity contribution < 1.29 is 18.1 Å². The molecule has 0 saturated heterocycles. The molecule has 1 aromatic carbocycles. The molecule has 1 heterocycles. The zero-order chi connectivity index (χ0) is 17.2. The van der Waals surface area contributed by atoms with Gasteiger partial charge < -0.3 is 5.32 Å². The molecular formula is C13H12ClF3N4O2. The summed E-state index contributed by atoms with van der Waals surface area (Å²) in [5.74, 6) is 0. The van der Waals surface area contributed by atoms with Crippen LogP contribution in [0.2, 0.25) is 5.02 Å². The molecule has 10 heteroatoms. The Balaban J connectivity index is 2.20. The highest BCUT2D eigenvalue weighted by Crippen LogP contribution is 2.40. The van der Waals surface area contributed by atoms with Crippen molar-refractivity contribution >= 4 is 23.0 Å². The summed E-state index contributed by atoms with van der Waals surface area (Å²) in [6.07, 6.45) is -1.33. The Morgan fingerprint density at radius 1 is 1.43 bits per heavy atom. The summed E-state index contributed by atoms with van der Waals surface area (Å²) >= 11 is 5.59. The van der Waals surface area contributed by atoms with Crippen LogP contribution < -0.4 is 5.32 Å². The lowest BCUT2D eigenvalue weighted by atomic mass is 10.1. The number of hydrogen-bond acceptors (Lipinski definition) is 4. The van der Waals surface area contributed by atoms with Gasteiger partial charge in [-0.2, -0.15) is 18.3 Å². The van der Waals surface area contributed by atoms with E-state index in [1.54, 1.807) is 17.1 Å². The molecule has 0 atom stereocenters. The Bertz CT molecular complexity index is 730. The second-order valence-corrected chi connectivity index (χ2v) is 5.22. The van der Waals surface area contributed by atoms with E-state index in [2.05, 4.69) is 10.4 Å².